The van der Waals surface area contributed by atoms with Crippen LogP contribution < -0.4 is 81.0 Å². The van der Waals surface area contributed by atoms with Crippen molar-refractivity contribution in [3.63, 3.8) is 0 Å². The second-order valence-corrected chi connectivity index (χ2v) is 25.7. The van der Waals surface area contributed by atoms with Gasteiger partial charge in [0.05, 0.1) is 18.7 Å². The van der Waals surface area contributed by atoms with E-state index in [-0.39, 0.29) is 82.3 Å². The summed E-state index contributed by atoms with van der Waals surface area (Å²) in [7, 11) is 0. The van der Waals surface area contributed by atoms with Crippen LogP contribution in [0.2, 0.25) is 0 Å². The van der Waals surface area contributed by atoms with Crippen molar-refractivity contribution in [2.75, 3.05) is 13.2 Å². The minimum absolute atomic E-state index is 0.0301. The number of carbonyl (C=O) groups excluding carboxylic acids is 13. The molecule has 0 saturated heterocycles. The van der Waals surface area contributed by atoms with Gasteiger partial charge in [-0.15, -0.1) is 5.10 Å². The Balaban J connectivity index is 1.24. The van der Waals surface area contributed by atoms with Crippen LogP contribution in [0.15, 0.2) is 91.3 Å². The number of hydrogen-bond acceptors (Lipinski definition) is 19. The van der Waals surface area contributed by atoms with Crippen LogP contribution in [0.25, 0.3) is 10.9 Å². The van der Waals surface area contributed by atoms with Gasteiger partial charge in [0, 0.05) is 75.4 Å². The first-order valence-electron chi connectivity index (χ1n) is 33.9. The number of guanidine groups is 1. The number of fused-ring (bicyclic) bond motifs is 3. The number of amides is 13. The number of carboxylic acid groups (broad SMARTS) is 1. The lowest BCUT2D eigenvalue weighted by atomic mass is 10.00. The van der Waals surface area contributed by atoms with Crippen molar-refractivity contribution in [3.05, 3.63) is 114 Å². The number of nitrogens with one attached hydrogen (secondary N) is 14. The van der Waals surface area contributed by atoms with Gasteiger partial charge in [0.15, 0.2) is 5.96 Å². The summed E-state index contributed by atoms with van der Waals surface area (Å²) < 4.78 is 1.44. The maximum atomic E-state index is 14.7. The lowest BCUT2D eigenvalue weighted by Crippen LogP contribution is -2.61. The molecule has 0 aliphatic carbocycles. The predicted octanol–water partition coefficient (Wildman–Crippen LogP) is -4.57. The molecule has 5 aromatic rings. The van der Waals surface area contributed by atoms with Crippen LogP contribution in [0, 0.1) is 11.3 Å². The van der Waals surface area contributed by atoms with Crippen LogP contribution >= 0.6 is 0 Å². The van der Waals surface area contributed by atoms with Gasteiger partial charge in [-0.05, 0) is 86.3 Å². The summed E-state index contributed by atoms with van der Waals surface area (Å²) in [4.78, 5) is 196. The van der Waals surface area contributed by atoms with Crippen molar-refractivity contribution in [1.29, 1.82) is 5.41 Å². The van der Waals surface area contributed by atoms with Crippen molar-refractivity contribution in [2.24, 2.45) is 23.1 Å². The Morgan fingerprint density at radius 1 is 0.667 bits per heavy atom. The number of nitrogens with zero attached hydrogens (tertiary/aromatic N) is 3. The summed E-state index contributed by atoms with van der Waals surface area (Å²) in [6.07, 6.45) is 0.580. The fraction of sp³-hybridized carbons (Fsp3) is 0.456. The van der Waals surface area contributed by atoms with E-state index < -0.39 is 187 Å². The molecule has 23 N–H and O–H groups in total. The molecule has 105 heavy (non-hydrogen) atoms. The van der Waals surface area contributed by atoms with Gasteiger partial charge in [0.1, 0.15) is 72.2 Å². The van der Waals surface area contributed by atoms with E-state index in [1.807, 2.05) is 0 Å². The largest absolute Gasteiger partial charge is 0.508 e. The Morgan fingerprint density at radius 2 is 1.26 bits per heavy atom. The normalized spacial score (nSPS) is 18.5. The fourth-order valence-electron chi connectivity index (χ4n) is 11.3. The number of aromatic amines is 1. The molecule has 2 aromatic heterocycles. The number of para-hydroxylation sites is 1. The van der Waals surface area contributed by atoms with Gasteiger partial charge in [-0.1, -0.05) is 79.7 Å². The molecule has 1 aliphatic rings. The molecule has 11 atom stereocenters. The Labute approximate surface area is 602 Å². The highest BCUT2D eigenvalue weighted by molar-refractivity contribution is 6.00. The number of aliphatic carboxylic acids is 1. The zero-order chi connectivity index (χ0) is 77.0. The summed E-state index contributed by atoms with van der Waals surface area (Å²) in [6, 6.07) is 3.80. The standard InChI is InChI=1S/C68H92N20O17/c1-35(2)56(67(105)83-52(31-55(93)94)64(102)84-53(34-89)66(104)80-48(57(70)95)27-39-19-21-42(91)22-20-39)85-65(103)49(28-38-13-6-5-7-14-38)81-58(96)36(3)75-59(97)45-17-10-11-26-88-33-41(86-87-88)30-51(76-37(4)90)63(101)82-50(29-40-32-74-44-16-9-8-15-43(40)44)62(100)78-46(18-12-25-73-68(71)72)60(98)79-47(61(99)77-45)23-24-54(69)92/h5-9,13-16,19-22,32-33,35-36,45-53,56,74,89,91H,10-12,17-18,23-31,34H2,1-4H3,(H2,69,92)(H2,70,95)(H,75,97)(H,76,90)(H,77,99)(H,78,100)(H,79,98)(H,80,104)(H,81,96)(H,82,101)(H,83,105)(H,84,102)(H,85,103)(H,93,94)(H4,71,72,73)/t36-,45-,46-,47-,48-,49-,50-,51-,52-,53-,56-/m0/s1. The zero-order valence-electron chi connectivity index (χ0n) is 58.3. The van der Waals surface area contributed by atoms with Crippen molar-refractivity contribution in [1.82, 2.24) is 83.8 Å². The molecular formula is C68H92N20O17. The molecule has 1 aliphatic heterocycles. The summed E-state index contributed by atoms with van der Waals surface area (Å²) in [5.74, 6) is -15.4. The Kier molecular flexibility index (Phi) is 31.2. The highest BCUT2D eigenvalue weighted by Gasteiger charge is 2.38. The Morgan fingerprint density at radius 3 is 1.90 bits per heavy atom. The number of aryl methyl sites for hydroxylation is 1. The third kappa shape index (κ3) is 26.4. The molecule has 0 spiro atoms. The quantitative estimate of drug-likeness (QED) is 0.0113. The van der Waals surface area contributed by atoms with E-state index in [1.165, 1.54) is 62.8 Å². The maximum absolute atomic E-state index is 14.7. The number of H-pyrrole nitrogens is 1. The molecule has 37 nitrogen and oxygen atoms in total. The molecule has 0 fully saturated rings. The lowest BCUT2D eigenvalue weighted by molar-refractivity contribution is -0.142. The number of carboxylic acids is 1. The summed E-state index contributed by atoms with van der Waals surface area (Å²) in [5.41, 5.74) is 19.1. The highest BCUT2D eigenvalue weighted by atomic mass is 16.4. The number of aliphatic hydroxyl groups is 1. The monoisotopic (exact) mass is 1460 g/mol. The molecule has 3 aromatic carbocycles. The van der Waals surface area contributed by atoms with Gasteiger partial charge in [-0.25, -0.2) is 0 Å². The molecule has 13 amide bonds. The second kappa shape index (κ2) is 40.0. The first kappa shape index (κ1) is 81.9. The zero-order valence-corrected chi connectivity index (χ0v) is 58.3. The van der Waals surface area contributed by atoms with E-state index in [4.69, 9.17) is 22.6 Å². The number of phenols is 1. The van der Waals surface area contributed by atoms with Crippen molar-refractivity contribution < 1.29 is 82.4 Å². The van der Waals surface area contributed by atoms with E-state index in [1.54, 1.807) is 60.8 Å². The molecule has 6 rings (SSSR count). The fourth-order valence-corrected chi connectivity index (χ4v) is 11.3. The average molecular weight is 1460 g/mol. The van der Waals surface area contributed by atoms with E-state index in [0.717, 1.165) is 0 Å². The minimum Gasteiger partial charge on any atom is -0.508 e. The molecular weight excluding hydrogens is 1370 g/mol. The lowest BCUT2D eigenvalue weighted by Gasteiger charge is -2.28. The highest BCUT2D eigenvalue weighted by Crippen LogP contribution is 2.21. The molecule has 566 valence electrons. The van der Waals surface area contributed by atoms with Crippen LogP contribution in [0.5, 0.6) is 5.75 Å². The van der Waals surface area contributed by atoms with Crippen molar-refractivity contribution in [2.45, 2.75) is 178 Å². The number of nitrogens with two attached hydrogens (primary N) is 3. The van der Waals surface area contributed by atoms with E-state index in [0.29, 0.717) is 27.6 Å². The number of hydrogen-bond donors (Lipinski definition) is 20. The smallest absolute Gasteiger partial charge is 0.305 e. The van der Waals surface area contributed by atoms with Gasteiger partial charge in [0.25, 0.3) is 0 Å². The molecule has 37 heteroatoms. The molecule has 2 bridgehead atoms. The predicted molar refractivity (Wildman–Crippen MR) is 375 cm³/mol. The Bertz CT molecular complexity index is 3920. The van der Waals surface area contributed by atoms with E-state index >= 15 is 0 Å². The number of aromatic nitrogens is 4. The van der Waals surface area contributed by atoms with Crippen LogP contribution in [0.3, 0.4) is 0 Å². The molecule has 0 unspecified atom stereocenters. The third-order valence-electron chi connectivity index (χ3n) is 16.9. The van der Waals surface area contributed by atoms with E-state index in [2.05, 4.69) is 79.1 Å². The van der Waals surface area contributed by atoms with Crippen molar-refractivity contribution >= 4 is 99.6 Å². The Hall–Kier alpha value is -12.1. The third-order valence-corrected chi connectivity index (χ3v) is 16.9. The van der Waals surface area contributed by atoms with Gasteiger partial charge >= 0.3 is 5.97 Å². The van der Waals surface area contributed by atoms with Crippen LogP contribution in [-0.4, -0.2) is 204 Å². The number of benzene rings is 3. The van der Waals surface area contributed by atoms with Gasteiger partial charge in [0.2, 0.25) is 76.8 Å². The van der Waals surface area contributed by atoms with E-state index in [9.17, 15) is 82.4 Å². The second-order valence-electron chi connectivity index (χ2n) is 25.7. The van der Waals surface area contributed by atoms with Gasteiger partial charge < -0.3 is 101 Å². The number of rotatable bonds is 31. The minimum atomic E-state index is -1.95. The number of phenolic OH excluding ortho intramolecular Hbond substituents is 1. The number of aliphatic hydroxyl groups excluding tert-OH is 1. The van der Waals surface area contributed by atoms with Crippen LogP contribution in [-0.2, 0) is 99.4 Å². The summed E-state index contributed by atoms with van der Waals surface area (Å²) in [6.45, 7) is 4.56. The van der Waals surface area contributed by atoms with Crippen LogP contribution in [0.1, 0.15) is 101 Å². The van der Waals surface area contributed by atoms with Gasteiger partial charge in [-0.2, -0.15) is 0 Å². The molecule has 0 saturated carbocycles. The topological polar surface area (TPSA) is 592 Å². The van der Waals surface area contributed by atoms with Crippen molar-refractivity contribution in [3.8, 4) is 5.75 Å². The number of carbonyl (C=O) groups is 14. The maximum Gasteiger partial charge on any atom is 0.305 e. The average Bonchev–Trinajstić information content (AvgIpc) is 1.76. The first-order chi connectivity index (χ1) is 49.9. The SMILES string of the molecule is CC(=O)N[C@H]1Cc2cn(nn2)CCCC[C@@H](C(=O)N[C@@H](C)C(=O)N[C@@H](Cc2ccccc2)C(=O)N[C@H](C(=O)N[C@@H](CC(=O)O)C(=O)N[C@@H](CO)C(=O)N[C@@H](Cc2ccc(O)cc2)C(N)=O)C(C)C)NC(=O)[C@H](CCC(N)=O)NC(=O)[C@H](CCCNC(=N)N)NC(=O)[C@H](Cc2c[nH]c3ccccc23)NC1=O. The summed E-state index contributed by atoms with van der Waals surface area (Å²) in [5, 5.41) is 76.8. The number of primary amides is 2. The molecule has 3 heterocycles. The van der Waals surface area contributed by atoms with Gasteiger partial charge in [-0.3, -0.25) is 77.2 Å². The van der Waals surface area contributed by atoms with Crippen LogP contribution in [0.4, 0.5) is 0 Å². The number of aromatic hydroxyl groups is 1. The first-order valence-corrected chi connectivity index (χ1v) is 33.9. The summed E-state index contributed by atoms with van der Waals surface area (Å²) >= 11 is 0. The molecule has 0 radical (unpaired) electrons.